The lowest BCUT2D eigenvalue weighted by atomic mass is 9.98. The number of para-hydroxylation sites is 1. The molecular weight excluding hydrogens is 615 g/mol. The monoisotopic (exact) mass is 635 g/mol. The number of benzene rings is 7. The molecule has 0 aliphatic rings. The van der Waals surface area contributed by atoms with Gasteiger partial charge in [-0.05, 0) is 83.6 Å². The lowest BCUT2D eigenvalue weighted by Crippen LogP contribution is -2.06. The van der Waals surface area contributed by atoms with E-state index in [-0.39, 0.29) is 0 Å². The first-order valence-electron chi connectivity index (χ1n) is 16.3. The predicted octanol–water partition coefficient (Wildman–Crippen LogP) is 9.79. The van der Waals surface area contributed by atoms with Crippen molar-refractivity contribution in [3.05, 3.63) is 139 Å². The van der Waals surface area contributed by atoms with Gasteiger partial charge in [-0.25, -0.2) is 4.98 Å². The van der Waals surface area contributed by atoms with E-state index in [0.717, 1.165) is 33.1 Å². The van der Waals surface area contributed by atoms with E-state index in [4.69, 9.17) is 15.0 Å². The summed E-state index contributed by atoms with van der Waals surface area (Å²) in [5, 5.41) is 28.4. The predicted molar refractivity (Wildman–Crippen MR) is 198 cm³/mol. The van der Waals surface area contributed by atoms with Gasteiger partial charge in [0.2, 0.25) is 5.95 Å². The molecule has 4 aromatic heterocycles. The molecule has 50 heavy (non-hydrogen) atoms. The van der Waals surface area contributed by atoms with Crippen LogP contribution in [0.4, 0.5) is 0 Å². The highest BCUT2D eigenvalue weighted by atomic mass is 15.2. The van der Waals surface area contributed by atoms with Gasteiger partial charge in [0.05, 0.1) is 50.8 Å². The summed E-state index contributed by atoms with van der Waals surface area (Å²) in [4.78, 5) is 15.2. The van der Waals surface area contributed by atoms with Crippen molar-refractivity contribution in [2.24, 2.45) is 0 Å². The Morgan fingerprint density at radius 3 is 1.68 bits per heavy atom. The Labute approximate surface area is 283 Å². The number of hydrogen-bond acceptors (Lipinski definition) is 5. The van der Waals surface area contributed by atoms with Gasteiger partial charge in [0.1, 0.15) is 0 Å². The second-order valence-electron chi connectivity index (χ2n) is 12.7. The first kappa shape index (κ1) is 26.7. The molecule has 228 valence electrons. The smallest absolute Gasteiger partial charge is 0.238 e. The summed E-state index contributed by atoms with van der Waals surface area (Å²) >= 11 is 0. The van der Waals surface area contributed by atoms with Crippen LogP contribution in [-0.4, -0.2) is 23.9 Å². The van der Waals surface area contributed by atoms with E-state index in [1.54, 1.807) is 24.3 Å². The molecule has 0 N–H and O–H groups in total. The molecule has 0 aliphatic heterocycles. The highest BCUT2D eigenvalue weighted by molar-refractivity contribution is 6.37. The van der Waals surface area contributed by atoms with Crippen LogP contribution in [-0.2, 0) is 0 Å². The fourth-order valence-corrected chi connectivity index (χ4v) is 7.98. The van der Waals surface area contributed by atoms with Crippen molar-refractivity contribution < 1.29 is 0 Å². The second kappa shape index (κ2) is 9.60. The van der Waals surface area contributed by atoms with Gasteiger partial charge >= 0.3 is 0 Å². The van der Waals surface area contributed by atoms with E-state index < -0.39 is 0 Å². The highest BCUT2D eigenvalue weighted by Crippen LogP contribution is 2.47. The molecule has 7 heteroatoms. The zero-order valence-electron chi connectivity index (χ0n) is 26.3. The standard InChI is InChI=1S/C43H21N7/c44-22-24-8-12-28(13-9-24)41-46-42(29-14-10-25(23-45)11-15-29)48-43(47-41)50-34-20-17-26-4-3-7-33-36(26)38(34)39-35(50)21-18-27-16-19-31-30-5-1-2-6-32(30)49(33)40(31)37(27)39/h1-21H. The van der Waals surface area contributed by atoms with Crippen molar-refractivity contribution in [2.75, 3.05) is 0 Å². The Morgan fingerprint density at radius 2 is 1.02 bits per heavy atom. The SMILES string of the molecule is N#Cc1ccc(-c2nc(-c3ccc(C#N)cc3)nc(-n3c4ccc5cccc6c5c4c4c5c(ccc7c8ccccc8n6c75)ccc43)n2)cc1. The molecule has 0 spiro atoms. The molecule has 11 rings (SSSR count). The Bertz CT molecular complexity index is 3190. The van der Waals surface area contributed by atoms with Crippen LogP contribution in [0.2, 0.25) is 0 Å². The Balaban J connectivity index is 1.32. The minimum atomic E-state index is 0.489. The summed E-state index contributed by atoms with van der Waals surface area (Å²) in [7, 11) is 0. The number of nitriles is 2. The van der Waals surface area contributed by atoms with Gasteiger partial charge < -0.3 is 4.40 Å². The fraction of sp³-hybridized carbons (Fsp3) is 0. The topological polar surface area (TPSA) is 95.6 Å². The van der Waals surface area contributed by atoms with Crippen LogP contribution >= 0.6 is 0 Å². The van der Waals surface area contributed by atoms with Crippen molar-refractivity contribution >= 4 is 70.7 Å². The number of hydrogen-bond donors (Lipinski definition) is 0. The summed E-state index contributed by atoms with van der Waals surface area (Å²) < 4.78 is 4.62. The van der Waals surface area contributed by atoms with Gasteiger partial charge in [0.15, 0.2) is 11.6 Å². The number of fused-ring (bicyclic) bond motifs is 4. The average molecular weight is 636 g/mol. The van der Waals surface area contributed by atoms with Gasteiger partial charge in [-0.15, -0.1) is 0 Å². The lowest BCUT2D eigenvalue weighted by Gasteiger charge is -2.12. The molecule has 7 nitrogen and oxygen atoms in total. The van der Waals surface area contributed by atoms with Crippen molar-refractivity contribution in [1.82, 2.24) is 23.9 Å². The van der Waals surface area contributed by atoms with Crippen molar-refractivity contribution in [3.8, 4) is 40.9 Å². The summed E-state index contributed by atoms with van der Waals surface area (Å²) in [5.74, 6) is 1.47. The highest BCUT2D eigenvalue weighted by Gasteiger charge is 2.25. The van der Waals surface area contributed by atoms with Crippen molar-refractivity contribution in [2.45, 2.75) is 0 Å². The third kappa shape index (κ3) is 3.42. The van der Waals surface area contributed by atoms with Gasteiger partial charge in [-0.3, -0.25) is 4.57 Å². The van der Waals surface area contributed by atoms with E-state index >= 15 is 0 Å². The maximum absolute atomic E-state index is 9.45. The normalized spacial score (nSPS) is 12.0. The van der Waals surface area contributed by atoms with E-state index in [1.165, 1.54) is 48.7 Å². The van der Waals surface area contributed by atoms with Gasteiger partial charge in [-0.1, -0.05) is 54.6 Å². The molecule has 0 saturated carbocycles. The van der Waals surface area contributed by atoms with E-state index in [2.05, 4.69) is 100.0 Å². The third-order valence-electron chi connectivity index (χ3n) is 10.1. The van der Waals surface area contributed by atoms with E-state index in [9.17, 15) is 10.5 Å². The van der Waals surface area contributed by atoms with Crippen LogP contribution < -0.4 is 0 Å². The molecule has 0 saturated heterocycles. The minimum absolute atomic E-state index is 0.489. The number of nitrogens with zero attached hydrogens (tertiary/aromatic N) is 7. The molecule has 0 aliphatic carbocycles. The minimum Gasteiger partial charge on any atom is -0.308 e. The Hall–Kier alpha value is -7.35. The molecule has 0 radical (unpaired) electrons. The maximum Gasteiger partial charge on any atom is 0.238 e. The van der Waals surface area contributed by atoms with Crippen LogP contribution in [0.15, 0.2) is 127 Å². The molecule has 0 amide bonds. The first-order chi connectivity index (χ1) is 24.7. The maximum atomic E-state index is 9.45. The third-order valence-corrected chi connectivity index (χ3v) is 10.1. The molecular formula is C43H21N7. The van der Waals surface area contributed by atoms with Crippen LogP contribution in [0.1, 0.15) is 11.1 Å². The summed E-state index contributed by atoms with van der Waals surface area (Å²) in [6.07, 6.45) is 0. The molecule has 0 fully saturated rings. The molecule has 11 aromatic rings. The summed E-state index contributed by atoms with van der Waals surface area (Å²) in [6, 6.07) is 47.5. The molecule has 0 unspecified atom stereocenters. The molecule has 0 atom stereocenters. The average Bonchev–Trinajstić information content (AvgIpc) is 3.66. The van der Waals surface area contributed by atoms with E-state index in [1.807, 2.05) is 24.3 Å². The molecule has 4 heterocycles. The van der Waals surface area contributed by atoms with Gasteiger partial charge in [-0.2, -0.15) is 20.5 Å². The second-order valence-corrected chi connectivity index (χ2v) is 12.7. The zero-order valence-corrected chi connectivity index (χ0v) is 26.3. The lowest BCUT2D eigenvalue weighted by molar-refractivity contribution is 0.954. The number of rotatable bonds is 3. The zero-order chi connectivity index (χ0) is 33.1. The fourth-order valence-electron chi connectivity index (χ4n) is 7.98. The quantitative estimate of drug-likeness (QED) is 0.193. The van der Waals surface area contributed by atoms with Crippen LogP contribution in [0.3, 0.4) is 0 Å². The van der Waals surface area contributed by atoms with Crippen molar-refractivity contribution in [3.63, 3.8) is 0 Å². The van der Waals surface area contributed by atoms with Crippen molar-refractivity contribution in [1.29, 1.82) is 10.5 Å². The summed E-state index contributed by atoms with van der Waals surface area (Å²) in [6.45, 7) is 0. The van der Waals surface area contributed by atoms with Crippen LogP contribution in [0, 0.1) is 22.7 Å². The first-order valence-corrected chi connectivity index (χ1v) is 16.3. The Morgan fingerprint density at radius 1 is 0.440 bits per heavy atom. The van der Waals surface area contributed by atoms with E-state index in [0.29, 0.717) is 28.7 Å². The summed E-state index contributed by atoms with van der Waals surface area (Å²) in [5.41, 5.74) is 8.20. The number of aromatic nitrogens is 5. The molecule has 7 aromatic carbocycles. The largest absolute Gasteiger partial charge is 0.308 e. The van der Waals surface area contributed by atoms with Crippen LogP contribution in [0.5, 0.6) is 0 Å². The molecule has 0 bridgehead atoms. The Kier molecular flexibility index (Phi) is 5.13. The van der Waals surface area contributed by atoms with Crippen LogP contribution in [0.25, 0.3) is 99.4 Å². The van der Waals surface area contributed by atoms with Gasteiger partial charge in [0, 0.05) is 43.4 Å². The van der Waals surface area contributed by atoms with Gasteiger partial charge in [0.25, 0.3) is 0 Å².